The van der Waals surface area contributed by atoms with Crippen molar-refractivity contribution in [2.45, 2.75) is 25.4 Å². The summed E-state index contributed by atoms with van der Waals surface area (Å²) in [5, 5.41) is 23.2. The van der Waals surface area contributed by atoms with Crippen LogP contribution in [-0.4, -0.2) is 157 Å². The number of H-pyrrole nitrogens is 1. The Hall–Kier alpha value is -1.28. The van der Waals surface area contributed by atoms with E-state index in [2.05, 4.69) is 30.6 Å². The van der Waals surface area contributed by atoms with Crippen molar-refractivity contribution in [3.8, 4) is 0 Å². The Bertz CT molecular complexity index is 1240. The van der Waals surface area contributed by atoms with Crippen molar-refractivity contribution < 1.29 is 24.6 Å². The number of hydrogen-bond donors (Lipinski definition) is 6. The number of nitrogens with zero attached hydrogens (tertiary/aromatic N) is 3. The number of amides is 1. The van der Waals surface area contributed by atoms with Gasteiger partial charge in [0.15, 0.2) is 11.2 Å². The van der Waals surface area contributed by atoms with Crippen molar-refractivity contribution in [2.75, 3.05) is 11.1 Å². The molecule has 1 amide bonds. The summed E-state index contributed by atoms with van der Waals surface area (Å²) in [5.74, 6) is -3.16. The number of carbonyl (C=O) groups excluding carboxylic acids is 1. The van der Waals surface area contributed by atoms with Gasteiger partial charge in [-0.3, -0.25) is 14.4 Å². The minimum atomic E-state index is -1.31. The van der Waals surface area contributed by atoms with Crippen molar-refractivity contribution in [3.05, 3.63) is 52.1 Å². The third-order valence-corrected chi connectivity index (χ3v) is 4.36. The number of carboxylic acids is 2. The van der Waals surface area contributed by atoms with E-state index in [-0.39, 0.29) is 145 Å². The number of nitrogen functional groups attached to an aromatic ring is 1. The Kier molecular flexibility index (Phi) is 13.0. The van der Waals surface area contributed by atoms with Crippen molar-refractivity contribution in [3.63, 3.8) is 0 Å². The van der Waals surface area contributed by atoms with Gasteiger partial charge in [-0.05, 0) is 30.7 Å². The van der Waals surface area contributed by atoms with Crippen LogP contribution in [-0.2, 0) is 16.1 Å². The number of aromatic amines is 1. The quantitative estimate of drug-likeness (QED) is 0.181. The standard InChI is InChI=1S/C19H19N7O6.2K.2H/c20-19-25-15-14(17(30)26-19)23-11(8-22-15)7-21-10-3-1-9(2-4-10)16(29)24-12(18(31)32)5-6-13(27)28;;;;/h1-4,8,12,21H,5-7H2,(H,24,29)(H,27,28)(H,31,32)(H3,20,22,25,26,30);;;;/t12-;;;;/m0..../s1. The summed E-state index contributed by atoms with van der Waals surface area (Å²) >= 11 is 0. The van der Waals surface area contributed by atoms with Crippen LogP contribution in [0.5, 0.6) is 0 Å². The predicted octanol–water partition coefficient (Wildman–Crippen LogP) is -1.34. The molecule has 170 valence electrons. The van der Waals surface area contributed by atoms with Gasteiger partial charge in [-0.15, -0.1) is 0 Å². The van der Waals surface area contributed by atoms with E-state index < -0.39 is 29.4 Å². The molecule has 0 saturated heterocycles. The average Bonchev–Trinajstić information content (AvgIpc) is 2.75. The summed E-state index contributed by atoms with van der Waals surface area (Å²) in [5.41, 5.74) is 6.47. The zero-order valence-corrected chi connectivity index (χ0v) is 16.5. The van der Waals surface area contributed by atoms with E-state index >= 15 is 0 Å². The Morgan fingerprint density at radius 2 is 1.76 bits per heavy atom. The Morgan fingerprint density at radius 1 is 1.09 bits per heavy atom. The van der Waals surface area contributed by atoms with Crippen LogP contribution in [0.25, 0.3) is 11.2 Å². The number of aromatic nitrogens is 4. The molecule has 0 radical (unpaired) electrons. The first kappa shape index (κ1) is 30.8. The first-order chi connectivity index (χ1) is 15.2. The normalized spacial score (nSPS) is 10.9. The molecule has 15 heteroatoms. The van der Waals surface area contributed by atoms with Crippen LogP contribution in [0.1, 0.15) is 28.9 Å². The second-order valence-electron chi connectivity index (χ2n) is 6.71. The van der Waals surface area contributed by atoms with Gasteiger partial charge < -0.3 is 31.6 Å². The molecule has 7 N–H and O–H groups in total. The van der Waals surface area contributed by atoms with Crippen molar-refractivity contribution in [1.82, 2.24) is 25.3 Å². The van der Waals surface area contributed by atoms with E-state index in [1.165, 1.54) is 18.3 Å². The van der Waals surface area contributed by atoms with Gasteiger partial charge >= 0.3 is 120 Å². The molecule has 0 aliphatic heterocycles. The zero-order chi connectivity index (χ0) is 23.3. The third kappa shape index (κ3) is 8.74. The first-order valence-corrected chi connectivity index (χ1v) is 9.33. The summed E-state index contributed by atoms with van der Waals surface area (Å²) < 4.78 is 0. The fraction of sp³-hybridized carbons (Fsp3) is 0.211. The van der Waals surface area contributed by atoms with Crippen LogP contribution in [0, 0.1) is 0 Å². The number of hydrogen-bond acceptors (Lipinski definition) is 9. The molecule has 0 spiro atoms. The van der Waals surface area contributed by atoms with E-state index in [0.29, 0.717) is 11.4 Å². The van der Waals surface area contributed by atoms with Crippen molar-refractivity contribution >= 4 is 143 Å². The number of fused-ring (bicyclic) bond motifs is 1. The second kappa shape index (κ2) is 14.3. The Morgan fingerprint density at radius 3 is 2.38 bits per heavy atom. The molecular weight excluding hydrogens is 500 g/mol. The number of anilines is 2. The molecule has 0 unspecified atom stereocenters. The molecule has 34 heavy (non-hydrogen) atoms. The molecular formula is C19H21K2N7O6. The molecule has 2 heterocycles. The van der Waals surface area contributed by atoms with Gasteiger partial charge in [0.2, 0.25) is 5.95 Å². The van der Waals surface area contributed by atoms with Gasteiger partial charge in [0.25, 0.3) is 5.91 Å². The van der Waals surface area contributed by atoms with Gasteiger partial charge in [0.1, 0.15) is 6.04 Å². The molecule has 0 aliphatic rings. The molecule has 1 atom stereocenters. The van der Waals surface area contributed by atoms with Crippen LogP contribution < -0.4 is 21.9 Å². The topological polar surface area (TPSA) is 213 Å². The summed E-state index contributed by atoms with van der Waals surface area (Å²) in [6.07, 6.45) is 0.858. The maximum atomic E-state index is 12.3. The van der Waals surface area contributed by atoms with Crippen LogP contribution >= 0.6 is 0 Å². The van der Waals surface area contributed by atoms with Crippen LogP contribution in [0.15, 0.2) is 35.3 Å². The Labute approximate surface area is 277 Å². The van der Waals surface area contributed by atoms with Gasteiger partial charge in [-0.2, -0.15) is 4.98 Å². The molecule has 1 aromatic carbocycles. The first-order valence-electron chi connectivity index (χ1n) is 9.33. The molecule has 0 aliphatic carbocycles. The molecule has 3 rings (SSSR count). The number of nitrogens with two attached hydrogens (primary N) is 1. The SMILES string of the molecule is Nc1nc(=O)c2nc(CNc3ccc(C(=O)N[C@@H](CCC(=O)O)C(=O)O)cc3)cnc2[nH]1.[KH].[KH]. The molecule has 0 fully saturated rings. The fourth-order valence-electron chi connectivity index (χ4n) is 2.76. The number of carbonyl (C=O) groups is 3. The average molecular weight is 522 g/mol. The number of benzene rings is 1. The summed E-state index contributed by atoms with van der Waals surface area (Å²) in [4.78, 5) is 60.5. The summed E-state index contributed by atoms with van der Waals surface area (Å²) in [6, 6.07) is 4.86. The van der Waals surface area contributed by atoms with E-state index in [9.17, 15) is 19.2 Å². The van der Waals surface area contributed by atoms with Gasteiger partial charge in [0, 0.05) is 17.7 Å². The van der Waals surface area contributed by atoms with Gasteiger partial charge in [-0.25, -0.2) is 14.8 Å². The number of nitrogens with one attached hydrogen (secondary N) is 3. The Balaban J connectivity index is 0.00000289. The molecule has 0 saturated carbocycles. The van der Waals surface area contributed by atoms with E-state index in [1.807, 2.05) is 0 Å². The van der Waals surface area contributed by atoms with Crippen LogP contribution in [0.4, 0.5) is 11.6 Å². The molecule has 13 nitrogen and oxygen atoms in total. The van der Waals surface area contributed by atoms with E-state index in [1.54, 1.807) is 12.1 Å². The zero-order valence-electron chi connectivity index (χ0n) is 16.5. The summed E-state index contributed by atoms with van der Waals surface area (Å²) in [6.45, 7) is 0.231. The number of rotatable bonds is 9. The number of carboxylic acid groups (broad SMARTS) is 2. The van der Waals surface area contributed by atoms with E-state index in [0.717, 1.165) is 0 Å². The van der Waals surface area contributed by atoms with Gasteiger partial charge in [0.05, 0.1) is 18.4 Å². The number of aliphatic carboxylic acids is 2. The molecule has 2 aromatic heterocycles. The fourth-order valence-corrected chi connectivity index (χ4v) is 2.76. The molecule has 3 aromatic rings. The van der Waals surface area contributed by atoms with E-state index in [4.69, 9.17) is 15.9 Å². The maximum absolute atomic E-state index is 12.3. The van der Waals surface area contributed by atoms with Crippen molar-refractivity contribution in [2.24, 2.45) is 0 Å². The van der Waals surface area contributed by atoms with Crippen LogP contribution in [0.3, 0.4) is 0 Å². The van der Waals surface area contributed by atoms with Crippen molar-refractivity contribution in [1.29, 1.82) is 0 Å². The molecule has 0 bridgehead atoms. The minimum absolute atomic E-state index is 0. The monoisotopic (exact) mass is 521 g/mol. The third-order valence-electron chi connectivity index (χ3n) is 4.36. The van der Waals surface area contributed by atoms with Gasteiger partial charge in [-0.1, -0.05) is 0 Å². The summed E-state index contributed by atoms with van der Waals surface area (Å²) in [7, 11) is 0. The van der Waals surface area contributed by atoms with Crippen LogP contribution in [0.2, 0.25) is 0 Å². The second-order valence-corrected chi connectivity index (χ2v) is 6.71. The predicted molar refractivity (Wildman–Crippen MR) is 126 cm³/mol.